The number of anilines is 1. The second-order valence-electron chi connectivity index (χ2n) is 7.10. The van der Waals surface area contributed by atoms with E-state index in [1.54, 1.807) is 6.07 Å². The van der Waals surface area contributed by atoms with Gasteiger partial charge in [0.05, 0.1) is 0 Å². The van der Waals surface area contributed by atoms with Crippen molar-refractivity contribution in [3.05, 3.63) is 82.9 Å². The lowest BCUT2D eigenvalue weighted by molar-refractivity contribution is 0.224. The summed E-state index contributed by atoms with van der Waals surface area (Å²) in [5.41, 5.74) is 3.83. The Bertz CT molecular complexity index is 1290. The van der Waals surface area contributed by atoms with Crippen molar-refractivity contribution in [1.29, 1.82) is 0 Å². The van der Waals surface area contributed by atoms with Gasteiger partial charge in [0.1, 0.15) is 0 Å². The summed E-state index contributed by atoms with van der Waals surface area (Å²) in [6.07, 6.45) is -0.658. The molecule has 0 unspecified atom stereocenters. The highest BCUT2D eigenvalue weighted by Crippen LogP contribution is 2.40. The molecule has 1 aromatic heterocycles. The number of para-hydroxylation sites is 1. The van der Waals surface area contributed by atoms with Crippen LogP contribution in [0.5, 0.6) is 17.4 Å². The van der Waals surface area contributed by atoms with Gasteiger partial charge in [0.2, 0.25) is 11.0 Å². The van der Waals surface area contributed by atoms with E-state index in [0.717, 1.165) is 16.8 Å². The molecule has 1 aliphatic rings. The van der Waals surface area contributed by atoms with E-state index in [1.807, 2.05) is 48.5 Å². The number of halogens is 1. The Balaban J connectivity index is 1.49. The van der Waals surface area contributed by atoms with Crippen molar-refractivity contribution < 1.29 is 14.9 Å². The third-order valence-electron chi connectivity index (χ3n) is 4.92. The first-order chi connectivity index (χ1) is 15.6. The van der Waals surface area contributed by atoms with Gasteiger partial charge in [0.15, 0.2) is 23.4 Å². The number of phenols is 2. The number of phenolic OH excluding ortho intramolecular Hbond substituents is 2. The van der Waals surface area contributed by atoms with Gasteiger partial charge in [-0.1, -0.05) is 53.7 Å². The number of rotatable bonds is 4. The quantitative estimate of drug-likeness (QED) is 0.272. The van der Waals surface area contributed by atoms with E-state index in [1.165, 1.54) is 23.9 Å². The van der Waals surface area contributed by atoms with Gasteiger partial charge in [-0.2, -0.15) is 4.98 Å². The van der Waals surface area contributed by atoms with Gasteiger partial charge in [0, 0.05) is 27.6 Å². The maximum Gasteiger partial charge on any atom is 0.247 e. The second kappa shape index (κ2) is 8.57. The number of nitrogens with one attached hydrogen (secondary N) is 1. The van der Waals surface area contributed by atoms with Crippen molar-refractivity contribution in [2.75, 3.05) is 5.32 Å². The molecule has 0 amide bonds. The average molecular weight is 465 g/mol. The number of hydrogen-bond donors (Lipinski definition) is 3. The number of benzene rings is 3. The molecule has 3 N–H and O–H groups in total. The Kier molecular flexibility index (Phi) is 5.46. The summed E-state index contributed by atoms with van der Waals surface area (Å²) >= 11 is 7.39. The van der Waals surface area contributed by atoms with Crippen LogP contribution in [0.25, 0.3) is 11.3 Å². The smallest absolute Gasteiger partial charge is 0.247 e. The zero-order valence-electron chi connectivity index (χ0n) is 16.6. The van der Waals surface area contributed by atoms with Crippen molar-refractivity contribution in [1.82, 2.24) is 15.2 Å². The Labute approximate surface area is 193 Å². The molecule has 3 aromatic carbocycles. The van der Waals surface area contributed by atoms with Gasteiger partial charge in [-0.05, 0) is 42.0 Å². The topological polar surface area (TPSA) is 100 Å². The molecule has 0 saturated carbocycles. The summed E-state index contributed by atoms with van der Waals surface area (Å²) in [7, 11) is 0. The maximum atomic E-state index is 9.95. The number of thioether (sulfide) groups is 1. The van der Waals surface area contributed by atoms with Gasteiger partial charge >= 0.3 is 0 Å². The molecule has 0 radical (unpaired) electrons. The van der Waals surface area contributed by atoms with Crippen molar-refractivity contribution >= 4 is 29.1 Å². The number of hydrogen-bond acceptors (Lipinski definition) is 8. The molecule has 1 aliphatic heterocycles. The molecule has 160 valence electrons. The number of aromatic nitrogens is 3. The first kappa shape index (κ1) is 20.4. The van der Waals surface area contributed by atoms with Crippen molar-refractivity contribution in [3.8, 4) is 28.6 Å². The molecule has 7 nitrogen and oxygen atoms in total. The highest BCUT2D eigenvalue weighted by molar-refractivity contribution is 7.98. The highest BCUT2D eigenvalue weighted by atomic mass is 35.5. The minimum atomic E-state index is -0.658. The van der Waals surface area contributed by atoms with Crippen LogP contribution in [-0.2, 0) is 5.75 Å². The molecule has 32 heavy (non-hydrogen) atoms. The summed E-state index contributed by atoms with van der Waals surface area (Å²) in [4.78, 5) is 4.61. The molecule has 9 heteroatoms. The van der Waals surface area contributed by atoms with Crippen LogP contribution in [0, 0.1) is 0 Å². The third-order valence-corrected chi connectivity index (χ3v) is 6.08. The maximum absolute atomic E-state index is 9.95. The highest BCUT2D eigenvalue weighted by Gasteiger charge is 2.26. The fourth-order valence-corrected chi connectivity index (χ4v) is 4.15. The lowest BCUT2D eigenvalue weighted by atomic mass is 10.1. The van der Waals surface area contributed by atoms with Crippen LogP contribution in [0.3, 0.4) is 0 Å². The predicted octanol–water partition coefficient (Wildman–Crippen LogP) is 5.40. The molecule has 2 heterocycles. The van der Waals surface area contributed by atoms with Crippen LogP contribution >= 0.6 is 23.4 Å². The van der Waals surface area contributed by atoms with Gasteiger partial charge in [-0.3, -0.25) is 0 Å². The molecule has 0 saturated heterocycles. The standard InChI is InChI=1S/C23H17ClN4O3S/c24-15-8-5-13(6-9-15)12-32-23-26-22-20(27-28-23)16-3-1-2-4-17(16)25-21(31-22)14-7-10-18(29)19(30)11-14/h1-11,21,25,29-30H,12H2/t21-/m0/s1. The van der Waals surface area contributed by atoms with E-state index >= 15 is 0 Å². The van der Waals surface area contributed by atoms with E-state index in [4.69, 9.17) is 16.3 Å². The second-order valence-corrected chi connectivity index (χ2v) is 8.48. The molecule has 0 aliphatic carbocycles. The fourth-order valence-electron chi connectivity index (χ4n) is 3.29. The Morgan fingerprint density at radius 2 is 1.78 bits per heavy atom. The summed E-state index contributed by atoms with van der Waals surface area (Å²) in [6.45, 7) is 0. The average Bonchev–Trinajstić information content (AvgIpc) is 2.97. The summed E-state index contributed by atoms with van der Waals surface area (Å²) in [6, 6.07) is 19.8. The van der Waals surface area contributed by atoms with Gasteiger partial charge in [0.25, 0.3) is 0 Å². The molecular weight excluding hydrogens is 448 g/mol. The zero-order chi connectivity index (χ0) is 22.1. The predicted molar refractivity (Wildman–Crippen MR) is 123 cm³/mol. The third kappa shape index (κ3) is 4.15. The zero-order valence-corrected chi connectivity index (χ0v) is 18.1. The largest absolute Gasteiger partial charge is 0.504 e. The number of nitrogens with zero attached hydrogens (tertiary/aromatic N) is 3. The number of ether oxygens (including phenoxy) is 1. The van der Waals surface area contributed by atoms with E-state index in [-0.39, 0.29) is 11.5 Å². The van der Waals surface area contributed by atoms with Crippen LogP contribution in [0.1, 0.15) is 17.4 Å². The van der Waals surface area contributed by atoms with Gasteiger partial charge in [-0.15, -0.1) is 10.2 Å². The number of aromatic hydroxyl groups is 2. The monoisotopic (exact) mass is 464 g/mol. The molecule has 5 rings (SSSR count). The molecular formula is C23H17ClN4O3S. The molecule has 0 bridgehead atoms. The lowest BCUT2D eigenvalue weighted by Crippen LogP contribution is -2.17. The van der Waals surface area contributed by atoms with E-state index in [9.17, 15) is 10.2 Å². The van der Waals surface area contributed by atoms with E-state index in [0.29, 0.717) is 33.1 Å². The first-order valence-electron chi connectivity index (χ1n) is 9.73. The van der Waals surface area contributed by atoms with Crippen molar-refractivity contribution in [3.63, 3.8) is 0 Å². The fraction of sp³-hybridized carbons (Fsp3) is 0.0870. The van der Waals surface area contributed by atoms with E-state index in [2.05, 4.69) is 20.5 Å². The SMILES string of the molecule is Oc1ccc([C@H]2Nc3ccccc3-c3nnc(SCc4ccc(Cl)cc4)nc3O2)cc1O. The van der Waals surface area contributed by atoms with E-state index < -0.39 is 6.23 Å². The first-order valence-corrected chi connectivity index (χ1v) is 11.1. The molecule has 0 spiro atoms. The van der Waals surface area contributed by atoms with Crippen LogP contribution < -0.4 is 10.1 Å². The molecule has 0 fully saturated rings. The van der Waals surface area contributed by atoms with Crippen LogP contribution in [0.15, 0.2) is 71.9 Å². The number of fused-ring (bicyclic) bond motifs is 3. The van der Waals surface area contributed by atoms with Gasteiger partial charge in [-0.25, -0.2) is 0 Å². The van der Waals surface area contributed by atoms with Gasteiger partial charge < -0.3 is 20.3 Å². The summed E-state index contributed by atoms with van der Waals surface area (Å²) in [5.74, 6) is 0.550. The minimum Gasteiger partial charge on any atom is -0.504 e. The van der Waals surface area contributed by atoms with Crippen LogP contribution in [-0.4, -0.2) is 25.4 Å². The molecule has 1 atom stereocenters. The Morgan fingerprint density at radius 3 is 2.59 bits per heavy atom. The van der Waals surface area contributed by atoms with Crippen molar-refractivity contribution in [2.24, 2.45) is 0 Å². The van der Waals surface area contributed by atoms with Crippen molar-refractivity contribution in [2.45, 2.75) is 17.1 Å². The Morgan fingerprint density at radius 1 is 0.969 bits per heavy atom. The molecule has 4 aromatic rings. The van der Waals surface area contributed by atoms with Crippen LogP contribution in [0.2, 0.25) is 5.02 Å². The normalized spacial score (nSPS) is 14.5. The minimum absolute atomic E-state index is 0.201. The lowest BCUT2D eigenvalue weighted by Gasteiger charge is -2.19. The van der Waals surface area contributed by atoms with Crippen LogP contribution in [0.4, 0.5) is 5.69 Å². The summed E-state index contributed by atoms with van der Waals surface area (Å²) in [5, 5.41) is 32.8. The Hall–Kier alpha value is -3.49. The summed E-state index contributed by atoms with van der Waals surface area (Å²) < 4.78 is 6.18.